The maximum Gasteiger partial charge on any atom is 0.284 e. The summed E-state index contributed by atoms with van der Waals surface area (Å²) in [7, 11) is 0. The molecule has 0 saturated carbocycles. The van der Waals surface area contributed by atoms with Crippen LogP contribution in [0.15, 0.2) is 91.0 Å². The number of thioether (sulfide) groups is 1. The van der Waals surface area contributed by atoms with Gasteiger partial charge in [0, 0.05) is 5.56 Å². The number of nitrogens with zero attached hydrogens (tertiary/aromatic N) is 1. The number of thiocarbonyl (C=S) groups is 1. The first-order chi connectivity index (χ1) is 14.2. The lowest BCUT2D eigenvalue weighted by Gasteiger charge is -2.42. The van der Waals surface area contributed by atoms with Gasteiger partial charge >= 0.3 is 0 Å². The Morgan fingerprint density at radius 2 is 1.34 bits per heavy atom. The molecule has 29 heavy (non-hydrogen) atoms. The van der Waals surface area contributed by atoms with Crippen LogP contribution in [0, 0.1) is 0 Å². The van der Waals surface area contributed by atoms with E-state index in [-0.39, 0.29) is 5.24 Å². The molecule has 2 atom stereocenters. The van der Waals surface area contributed by atoms with Crippen molar-refractivity contribution in [2.24, 2.45) is 0 Å². The van der Waals surface area contributed by atoms with Gasteiger partial charge in [0.2, 0.25) is 0 Å². The fraction of sp³-hybridized carbons (Fsp3) is 0.0909. The SMILES string of the molecule is O=C1NC2(c3ccccc3)N(Nc3ccccc3)C(=S)NC2(c2ccccc2)S1. The number of anilines is 1. The van der Waals surface area contributed by atoms with Gasteiger partial charge in [-0.05, 0) is 41.7 Å². The summed E-state index contributed by atoms with van der Waals surface area (Å²) < 4.78 is 0. The molecule has 0 spiro atoms. The number of fused-ring (bicyclic) bond motifs is 1. The maximum atomic E-state index is 12.8. The number of carbonyl (C=O) groups is 1. The molecule has 3 aromatic rings. The van der Waals surface area contributed by atoms with Crippen LogP contribution in [0.1, 0.15) is 11.1 Å². The van der Waals surface area contributed by atoms with Gasteiger partial charge < -0.3 is 10.6 Å². The molecular weight excluding hydrogens is 400 g/mol. The van der Waals surface area contributed by atoms with Crippen molar-refractivity contribution in [3.05, 3.63) is 102 Å². The molecule has 7 heteroatoms. The van der Waals surface area contributed by atoms with Crippen molar-refractivity contribution >= 4 is 40.0 Å². The first-order valence-corrected chi connectivity index (χ1v) is 10.4. The molecule has 0 aliphatic carbocycles. The predicted octanol–water partition coefficient (Wildman–Crippen LogP) is 4.37. The van der Waals surface area contributed by atoms with Gasteiger partial charge in [0.05, 0.1) is 5.69 Å². The van der Waals surface area contributed by atoms with E-state index in [1.807, 2.05) is 96.0 Å². The second-order valence-corrected chi connectivity index (χ2v) is 8.46. The zero-order valence-electron chi connectivity index (χ0n) is 15.3. The highest BCUT2D eigenvalue weighted by Gasteiger charge is 2.70. The smallest absolute Gasteiger partial charge is 0.284 e. The van der Waals surface area contributed by atoms with Crippen molar-refractivity contribution in [3.8, 4) is 0 Å². The van der Waals surface area contributed by atoms with Gasteiger partial charge in [0.25, 0.3) is 5.24 Å². The van der Waals surface area contributed by atoms with E-state index >= 15 is 0 Å². The van der Waals surface area contributed by atoms with Gasteiger partial charge in [-0.1, -0.05) is 78.9 Å². The summed E-state index contributed by atoms with van der Waals surface area (Å²) in [6.07, 6.45) is 0. The van der Waals surface area contributed by atoms with E-state index in [1.54, 1.807) is 0 Å². The number of carbonyl (C=O) groups excluding carboxylic acids is 1. The largest absolute Gasteiger partial charge is 0.338 e. The van der Waals surface area contributed by atoms with E-state index in [9.17, 15) is 4.79 Å². The lowest BCUT2D eigenvalue weighted by Crippen LogP contribution is -2.60. The van der Waals surface area contributed by atoms with Crippen LogP contribution in [0.2, 0.25) is 0 Å². The van der Waals surface area contributed by atoms with E-state index in [2.05, 4.69) is 16.1 Å². The van der Waals surface area contributed by atoms with Gasteiger partial charge in [0.15, 0.2) is 15.6 Å². The van der Waals surface area contributed by atoms with Crippen LogP contribution in [0.5, 0.6) is 0 Å². The number of benzene rings is 3. The Bertz CT molecular complexity index is 1060. The third-order valence-corrected chi connectivity index (χ3v) is 6.76. The summed E-state index contributed by atoms with van der Waals surface area (Å²) in [6.45, 7) is 0. The second kappa shape index (κ2) is 6.79. The number of nitrogens with one attached hydrogen (secondary N) is 3. The van der Waals surface area contributed by atoms with Crippen LogP contribution in [0.3, 0.4) is 0 Å². The Morgan fingerprint density at radius 3 is 1.97 bits per heavy atom. The molecule has 3 aromatic carbocycles. The minimum atomic E-state index is -0.954. The first kappa shape index (κ1) is 18.0. The van der Waals surface area contributed by atoms with E-state index in [0.29, 0.717) is 5.11 Å². The monoisotopic (exact) mass is 418 g/mol. The minimum absolute atomic E-state index is 0.118. The number of amides is 1. The molecular formula is C22H18N4OS2. The van der Waals surface area contributed by atoms with Crippen molar-refractivity contribution in [2.45, 2.75) is 10.5 Å². The standard InChI is InChI=1S/C22H18N4OS2/c27-20-24-21(16-10-4-1-5-11-16)22(29-20,17-12-6-2-7-13-17)23-19(28)26(21)25-18-14-8-3-9-15-18/h1-15,25H,(H,23,28)(H,24,27). The first-order valence-electron chi connectivity index (χ1n) is 9.22. The summed E-state index contributed by atoms with van der Waals surface area (Å²) in [5, 5.41) is 8.93. The van der Waals surface area contributed by atoms with E-state index in [1.165, 1.54) is 11.8 Å². The average molecular weight is 419 g/mol. The zero-order valence-corrected chi connectivity index (χ0v) is 17.0. The molecule has 0 bridgehead atoms. The molecule has 2 fully saturated rings. The zero-order chi connectivity index (χ0) is 19.9. The van der Waals surface area contributed by atoms with Crippen LogP contribution >= 0.6 is 24.0 Å². The van der Waals surface area contributed by atoms with Crippen molar-refractivity contribution in [2.75, 3.05) is 5.43 Å². The molecule has 2 unspecified atom stereocenters. The highest BCUT2D eigenvalue weighted by Crippen LogP contribution is 2.58. The Kier molecular flexibility index (Phi) is 4.22. The summed E-state index contributed by atoms with van der Waals surface area (Å²) in [5.41, 5.74) is 5.23. The molecule has 2 aliphatic heterocycles. The molecule has 144 valence electrons. The lowest BCUT2D eigenvalue weighted by molar-refractivity contribution is 0.150. The molecule has 3 N–H and O–H groups in total. The van der Waals surface area contributed by atoms with Gasteiger partial charge in [0.1, 0.15) is 0 Å². The highest BCUT2D eigenvalue weighted by atomic mass is 32.2. The molecule has 0 radical (unpaired) electrons. The molecule has 2 aliphatic rings. The van der Waals surface area contributed by atoms with Crippen molar-refractivity contribution in [1.29, 1.82) is 0 Å². The van der Waals surface area contributed by atoms with Crippen molar-refractivity contribution in [3.63, 3.8) is 0 Å². The molecule has 5 nitrogen and oxygen atoms in total. The van der Waals surface area contributed by atoms with Crippen LogP contribution in [-0.4, -0.2) is 15.4 Å². The fourth-order valence-corrected chi connectivity index (χ4v) is 5.72. The molecule has 2 heterocycles. The summed E-state index contributed by atoms with van der Waals surface area (Å²) >= 11 is 6.98. The normalized spacial score (nSPS) is 25.3. The maximum absolute atomic E-state index is 12.8. The van der Waals surface area contributed by atoms with Crippen molar-refractivity contribution < 1.29 is 4.79 Å². The third kappa shape index (κ3) is 2.62. The molecule has 5 rings (SSSR count). The lowest BCUT2D eigenvalue weighted by atomic mass is 9.87. The van der Waals surface area contributed by atoms with Gasteiger partial charge in [-0.25, -0.2) is 5.01 Å². The van der Waals surface area contributed by atoms with E-state index < -0.39 is 10.5 Å². The number of rotatable bonds is 4. The van der Waals surface area contributed by atoms with E-state index in [4.69, 9.17) is 12.2 Å². The number of hydrogen-bond donors (Lipinski definition) is 3. The molecule has 0 aromatic heterocycles. The minimum Gasteiger partial charge on any atom is -0.338 e. The average Bonchev–Trinajstić information content (AvgIpc) is 3.18. The second-order valence-electron chi connectivity index (χ2n) is 6.88. The van der Waals surface area contributed by atoms with Crippen LogP contribution < -0.4 is 16.1 Å². The fourth-order valence-electron chi connectivity index (χ4n) is 4.04. The number of para-hydroxylation sites is 1. The predicted molar refractivity (Wildman–Crippen MR) is 120 cm³/mol. The summed E-state index contributed by atoms with van der Waals surface area (Å²) in [4.78, 5) is 12.0. The summed E-state index contributed by atoms with van der Waals surface area (Å²) in [5.74, 6) is 0. The van der Waals surface area contributed by atoms with Crippen LogP contribution in [0.4, 0.5) is 10.5 Å². The summed E-state index contributed by atoms with van der Waals surface area (Å²) in [6, 6.07) is 29.7. The number of hydrogen-bond acceptors (Lipinski definition) is 4. The van der Waals surface area contributed by atoms with Crippen LogP contribution in [0.25, 0.3) is 0 Å². The Balaban J connectivity index is 1.74. The molecule has 1 amide bonds. The molecule has 2 saturated heterocycles. The van der Waals surface area contributed by atoms with Gasteiger partial charge in [-0.15, -0.1) is 0 Å². The Hall–Kier alpha value is -3.03. The third-order valence-electron chi connectivity index (χ3n) is 5.25. The van der Waals surface area contributed by atoms with Gasteiger partial charge in [-0.3, -0.25) is 10.2 Å². The number of hydrazine groups is 1. The van der Waals surface area contributed by atoms with Crippen LogP contribution in [-0.2, 0) is 10.5 Å². The van der Waals surface area contributed by atoms with E-state index in [0.717, 1.165) is 16.8 Å². The Morgan fingerprint density at radius 1 is 0.793 bits per heavy atom. The topological polar surface area (TPSA) is 56.4 Å². The highest BCUT2D eigenvalue weighted by molar-refractivity contribution is 8.14. The van der Waals surface area contributed by atoms with Crippen molar-refractivity contribution in [1.82, 2.24) is 15.6 Å². The Labute approximate surface area is 178 Å². The quantitative estimate of drug-likeness (QED) is 0.547. The van der Waals surface area contributed by atoms with Gasteiger partial charge in [-0.2, -0.15) is 0 Å².